The second-order valence-corrected chi connectivity index (χ2v) is 7.96. The molecule has 7 heteroatoms. The number of carbonyl (C=O) groups excluding carboxylic acids is 1. The highest BCUT2D eigenvalue weighted by Crippen LogP contribution is 2.23. The van der Waals surface area contributed by atoms with Gasteiger partial charge in [-0.25, -0.2) is 8.42 Å². The number of piperidine rings is 1. The summed E-state index contributed by atoms with van der Waals surface area (Å²) in [6.07, 6.45) is 4.05. The van der Waals surface area contributed by atoms with E-state index in [0.29, 0.717) is 31.8 Å². The van der Waals surface area contributed by atoms with Crippen LogP contribution in [0.25, 0.3) is 0 Å². The first kappa shape index (κ1) is 19.6. The normalized spacial score (nSPS) is 18.7. The van der Waals surface area contributed by atoms with Crippen molar-refractivity contribution in [2.45, 2.75) is 37.2 Å². The van der Waals surface area contributed by atoms with Gasteiger partial charge in [0.25, 0.3) is 5.91 Å². The monoisotopic (exact) mass is 366 g/mol. The summed E-state index contributed by atoms with van der Waals surface area (Å²) in [6.45, 7) is 7.37. The average Bonchev–Trinajstić information content (AvgIpc) is 2.64. The molecule has 1 aliphatic rings. The molecule has 0 spiro atoms. The minimum Gasteiger partial charge on any atom is -0.377 e. The third-order valence-corrected chi connectivity index (χ3v) is 5.90. The van der Waals surface area contributed by atoms with Gasteiger partial charge in [0.15, 0.2) is 0 Å². The van der Waals surface area contributed by atoms with Crippen LogP contribution in [0.4, 0.5) is 0 Å². The number of amides is 1. The van der Waals surface area contributed by atoms with Gasteiger partial charge in [0.2, 0.25) is 10.0 Å². The number of nitrogens with zero attached hydrogens (tertiary/aromatic N) is 1. The minimum atomic E-state index is -3.64. The highest BCUT2D eigenvalue weighted by molar-refractivity contribution is 7.89. The van der Waals surface area contributed by atoms with Crippen molar-refractivity contribution < 1.29 is 17.9 Å². The average molecular weight is 366 g/mol. The summed E-state index contributed by atoms with van der Waals surface area (Å²) in [4.78, 5) is 12.2. The lowest BCUT2D eigenvalue weighted by Crippen LogP contribution is -2.43. The Morgan fingerprint density at radius 2 is 2.28 bits per heavy atom. The number of hydrogen-bond acceptors (Lipinski definition) is 4. The zero-order valence-electron chi connectivity index (χ0n) is 14.6. The topological polar surface area (TPSA) is 75.7 Å². The molecular formula is C18H26N2O4S. The zero-order valence-corrected chi connectivity index (χ0v) is 15.4. The van der Waals surface area contributed by atoms with Gasteiger partial charge in [-0.05, 0) is 37.5 Å². The van der Waals surface area contributed by atoms with Gasteiger partial charge < -0.3 is 10.1 Å². The third-order valence-electron chi connectivity index (χ3n) is 4.04. The van der Waals surface area contributed by atoms with Crippen molar-refractivity contribution in [3.05, 3.63) is 42.5 Å². The van der Waals surface area contributed by atoms with E-state index >= 15 is 0 Å². The van der Waals surface area contributed by atoms with Gasteiger partial charge in [0.05, 0.1) is 11.0 Å². The predicted octanol–water partition coefficient (Wildman–Crippen LogP) is 2.18. The van der Waals surface area contributed by atoms with E-state index in [1.54, 1.807) is 18.2 Å². The maximum absolute atomic E-state index is 12.9. The Labute approximate surface area is 149 Å². The largest absolute Gasteiger partial charge is 0.377 e. The lowest BCUT2D eigenvalue weighted by atomic mass is 10.1. The minimum absolute atomic E-state index is 0.0671. The molecule has 0 aromatic heterocycles. The maximum atomic E-state index is 12.9. The maximum Gasteiger partial charge on any atom is 0.251 e. The van der Waals surface area contributed by atoms with E-state index in [2.05, 4.69) is 11.9 Å². The molecule has 2 rings (SSSR count). The lowest BCUT2D eigenvalue weighted by Gasteiger charge is -2.31. The van der Waals surface area contributed by atoms with Gasteiger partial charge in [-0.15, -0.1) is 6.58 Å². The molecule has 1 fully saturated rings. The molecule has 0 saturated carbocycles. The second kappa shape index (κ2) is 9.12. The Morgan fingerprint density at radius 1 is 1.48 bits per heavy atom. The number of rotatable bonds is 8. The summed E-state index contributed by atoms with van der Waals surface area (Å²) < 4.78 is 33.0. The van der Waals surface area contributed by atoms with Crippen LogP contribution in [0.3, 0.4) is 0 Å². The molecule has 0 radical (unpaired) electrons. The van der Waals surface area contributed by atoms with Crippen LogP contribution in [-0.4, -0.2) is 51.0 Å². The first-order valence-corrected chi connectivity index (χ1v) is 10.0. The molecular weight excluding hydrogens is 340 g/mol. The van der Waals surface area contributed by atoms with Crippen LogP contribution in [0.2, 0.25) is 0 Å². The molecule has 1 atom stereocenters. The number of sulfonamides is 1. The number of hydrogen-bond donors (Lipinski definition) is 1. The molecule has 1 amide bonds. The molecule has 1 aromatic rings. The van der Waals surface area contributed by atoms with E-state index in [1.165, 1.54) is 16.4 Å². The molecule has 0 unspecified atom stereocenters. The summed E-state index contributed by atoms with van der Waals surface area (Å²) in [5.74, 6) is -0.320. The fraction of sp³-hybridized carbons (Fsp3) is 0.500. The van der Waals surface area contributed by atoms with Crippen LogP contribution >= 0.6 is 0 Å². The van der Waals surface area contributed by atoms with Gasteiger partial charge in [0, 0.05) is 31.8 Å². The predicted molar refractivity (Wildman–Crippen MR) is 97.0 cm³/mol. The highest BCUT2D eigenvalue weighted by atomic mass is 32.2. The van der Waals surface area contributed by atoms with Crippen LogP contribution in [0.15, 0.2) is 41.8 Å². The Balaban J connectivity index is 2.15. The molecule has 6 nitrogen and oxygen atoms in total. The van der Waals surface area contributed by atoms with Crippen LogP contribution < -0.4 is 5.32 Å². The number of ether oxygens (including phenoxy) is 1. The second-order valence-electron chi connectivity index (χ2n) is 6.02. The van der Waals surface area contributed by atoms with Gasteiger partial charge in [-0.3, -0.25) is 4.79 Å². The van der Waals surface area contributed by atoms with Crippen molar-refractivity contribution in [3.63, 3.8) is 0 Å². The van der Waals surface area contributed by atoms with Crippen molar-refractivity contribution >= 4 is 15.9 Å². The fourth-order valence-corrected chi connectivity index (χ4v) is 4.31. The summed E-state index contributed by atoms with van der Waals surface area (Å²) in [6, 6.07) is 6.13. The standard InChI is InChI=1S/C18H26N2O4S/c1-3-10-19-18(21)15-7-5-9-17(13-15)25(22,23)20-11-6-8-16(14-20)24-12-4-2/h3,5,7,9,13,16H,1,4,6,8,10-12,14H2,2H3,(H,19,21)/t16-/m1/s1. The van der Waals surface area contributed by atoms with E-state index in [4.69, 9.17) is 4.74 Å². The Bertz CT molecular complexity index is 703. The molecule has 0 aliphatic carbocycles. The SMILES string of the molecule is C=CCNC(=O)c1cccc(S(=O)(=O)N2CCC[C@@H](OCCC)C2)c1. The molecule has 1 heterocycles. The van der Waals surface area contributed by atoms with Crippen molar-refractivity contribution in [1.82, 2.24) is 9.62 Å². The van der Waals surface area contributed by atoms with Gasteiger partial charge >= 0.3 is 0 Å². The van der Waals surface area contributed by atoms with E-state index in [0.717, 1.165) is 19.3 Å². The van der Waals surface area contributed by atoms with Crippen LogP contribution in [0.5, 0.6) is 0 Å². The van der Waals surface area contributed by atoms with Gasteiger partial charge in [-0.2, -0.15) is 4.31 Å². The number of carbonyl (C=O) groups is 1. The molecule has 138 valence electrons. The van der Waals surface area contributed by atoms with E-state index in [1.807, 2.05) is 6.92 Å². The number of nitrogens with one attached hydrogen (secondary N) is 1. The van der Waals surface area contributed by atoms with Crippen molar-refractivity contribution in [3.8, 4) is 0 Å². The van der Waals surface area contributed by atoms with E-state index in [9.17, 15) is 13.2 Å². The summed E-state index contributed by atoms with van der Waals surface area (Å²) in [5, 5.41) is 2.65. The first-order valence-electron chi connectivity index (χ1n) is 8.60. The van der Waals surface area contributed by atoms with E-state index < -0.39 is 10.0 Å². The molecule has 1 N–H and O–H groups in total. The van der Waals surface area contributed by atoms with Gasteiger partial charge in [0.1, 0.15) is 0 Å². The molecule has 0 bridgehead atoms. The van der Waals surface area contributed by atoms with Crippen molar-refractivity contribution in [2.24, 2.45) is 0 Å². The Kier molecular flexibility index (Phi) is 7.16. The van der Waals surface area contributed by atoms with Crippen LogP contribution in [0, 0.1) is 0 Å². The van der Waals surface area contributed by atoms with Crippen LogP contribution in [0.1, 0.15) is 36.5 Å². The lowest BCUT2D eigenvalue weighted by molar-refractivity contribution is 0.0193. The fourth-order valence-electron chi connectivity index (χ4n) is 2.76. The highest BCUT2D eigenvalue weighted by Gasteiger charge is 2.30. The smallest absolute Gasteiger partial charge is 0.251 e. The summed E-state index contributed by atoms with van der Waals surface area (Å²) >= 11 is 0. The molecule has 25 heavy (non-hydrogen) atoms. The Morgan fingerprint density at radius 3 is 3.00 bits per heavy atom. The number of benzene rings is 1. The summed E-state index contributed by atoms with van der Waals surface area (Å²) in [7, 11) is -3.64. The van der Waals surface area contributed by atoms with Crippen molar-refractivity contribution in [2.75, 3.05) is 26.2 Å². The molecule has 1 aliphatic heterocycles. The zero-order chi connectivity index (χ0) is 18.3. The van der Waals surface area contributed by atoms with Gasteiger partial charge in [-0.1, -0.05) is 19.1 Å². The van der Waals surface area contributed by atoms with E-state index in [-0.39, 0.29) is 16.9 Å². The summed E-state index contributed by atoms with van der Waals surface area (Å²) in [5.41, 5.74) is 0.318. The van der Waals surface area contributed by atoms with Crippen molar-refractivity contribution in [1.29, 1.82) is 0 Å². The molecule has 1 saturated heterocycles. The van der Waals surface area contributed by atoms with Crippen LogP contribution in [-0.2, 0) is 14.8 Å². The quantitative estimate of drug-likeness (QED) is 0.716. The molecule has 1 aromatic carbocycles. The Hall–Kier alpha value is -1.70. The first-order chi connectivity index (χ1) is 12.0. The third kappa shape index (κ3) is 5.14.